The van der Waals surface area contributed by atoms with Crippen LogP contribution in [0.15, 0.2) is 36.0 Å². The van der Waals surface area contributed by atoms with E-state index >= 15 is 0 Å². The second-order valence-corrected chi connectivity index (χ2v) is 12.1. The predicted molar refractivity (Wildman–Crippen MR) is 172 cm³/mol. The summed E-state index contributed by atoms with van der Waals surface area (Å²) >= 11 is 0. The minimum Gasteiger partial charge on any atom is -0.455 e. The largest absolute Gasteiger partial charge is 0.455 e. The number of unbranched alkanes of at least 4 members (excludes halogenated alkanes) is 23. The van der Waals surface area contributed by atoms with E-state index in [0.717, 1.165) is 18.4 Å². The maximum absolute atomic E-state index is 11.6. The third kappa shape index (κ3) is 24.2. The highest BCUT2D eigenvalue weighted by atomic mass is 16.5. The van der Waals surface area contributed by atoms with Gasteiger partial charge in [-0.1, -0.05) is 153 Å². The maximum Gasteiger partial charge on any atom is 0.334 e. The first kappa shape index (κ1) is 35.7. The van der Waals surface area contributed by atoms with E-state index in [2.05, 4.69) is 31.2 Å². The van der Waals surface area contributed by atoms with Gasteiger partial charge in [-0.15, -0.1) is 0 Å². The van der Waals surface area contributed by atoms with E-state index in [1.165, 1.54) is 161 Å². The first-order chi connectivity index (χ1) is 19.2. The van der Waals surface area contributed by atoms with Crippen LogP contribution in [0.1, 0.15) is 187 Å². The van der Waals surface area contributed by atoms with Crippen LogP contribution >= 0.6 is 0 Å². The van der Waals surface area contributed by atoms with Gasteiger partial charge in [0.2, 0.25) is 0 Å². The zero-order valence-corrected chi connectivity index (χ0v) is 26.4. The summed E-state index contributed by atoms with van der Waals surface area (Å²) in [6, 6.07) is 0. The second kappa shape index (κ2) is 28.2. The van der Waals surface area contributed by atoms with Crippen LogP contribution < -0.4 is 0 Å². The second-order valence-electron chi connectivity index (χ2n) is 12.1. The van der Waals surface area contributed by atoms with E-state index in [1.807, 2.05) is 13.0 Å². The summed E-state index contributed by atoms with van der Waals surface area (Å²) in [7, 11) is 0. The van der Waals surface area contributed by atoms with Crippen molar-refractivity contribution in [3.05, 3.63) is 36.0 Å². The molecule has 1 rings (SSSR count). The molecule has 0 fully saturated rings. The number of ether oxygens (including phenoxy) is 1. The zero-order chi connectivity index (χ0) is 28.1. The van der Waals surface area contributed by atoms with Crippen molar-refractivity contribution in [1.29, 1.82) is 0 Å². The fourth-order valence-corrected chi connectivity index (χ4v) is 5.57. The number of carbonyl (C=O) groups excluding carboxylic acids is 1. The molecule has 0 radical (unpaired) electrons. The smallest absolute Gasteiger partial charge is 0.334 e. The van der Waals surface area contributed by atoms with E-state index in [0.29, 0.717) is 0 Å². The molecule has 0 aliphatic carbocycles. The minimum absolute atomic E-state index is 0.0178. The summed E-state index contributed by atoms with van der Waals surface area (Å²) in [6.45, 7) is 4.23. The number of hydrogen-bond donors (Lipinski definition) is 0. The quantitative estimate of drug-likeness (QED) is 0.0533. The van der Waals surface area contributed by atoms with Gasteiger partial charge >= 0.3 is 5.97 Å². The number of rotatable bonds is 29. The molecule has 0 aromatic heterocycles. The van der Waals surface area contributed by atoms with E-state index < -0.39 is 0 Å². The molecule has 1 aliphatic heterocycles. The van der Waals surface area contributed by atoms with E-state index in [9.17, 15) is 4.79 Å². The molecule has 0 spiro atoms. The Morgan fingerprint density at radius 1 is 0.538 bits per heavy atom. The molecular weight excluding hydrogens is 476 g/mol. The van der Waals surface area contributed by atoms with Crippen molar-refractivity contribution in [2.24, 2.45) is 0 Å². The fraction of sp³-hybridized carbons (Fsp3) is 0.811. The van der Waals surface area contributed by atoms with Crippen LogP contribution in [-0.4, -0.2) is 12.1 Å². The Kier molecular flexibility index (Phi) is 25.9. The standard InChI is InChI=1S/C37H66O2/c1-3-4-5-6-7-8-9-10-11-12-13-14-15-16-17-18-19-20-21-22-23-24-25-26-27-28-29-30-31-32-33-36-34-35(2)39-37(36)38/h14-15,18-19,34-35H,3-13,16-17,20-33H2,1-2H3/b15-14-,19-18-/t35-/m0/s1. The number of esters is 1. The van der Waals surface area contributed by atoms with Crippen LogP contribution in [0.25, 0.3) is 0 Å². The SMILES string of the molecule is CCCCCCCCCCCC/C=C\CC/C=C\CCCCCCCCCCCCCCC1=C[C@H](C)OC1=O. The lowest BCUT2D eigenvalue weighted by Gasteiger charge is -2.03. The van der Waals surface area contributed by atoms with Crippen LogP contribution in [0, 0.1) is 0 Å². The Morgan fingerprint density at radius 3 is 1.28 bits per heavy atom. The lowest BCUT2D eigenvalue weighted by atomic mass is 10.0. The summed E-state index contributed by atoms with van der Waals surface area (Å²) in [5.41, 5.74) is 0.899. The molecule has 39 heavy (non-hydrogen) atoms. The molecule has 0 unspecified atom stereocenters. The number of hydrogen-bond acceptors (Lipinski definition) is 2. The molecule has 1 heterocycles. The van der Waals surface area contributed by atoms with Gasteiger partial charge in [0.25, 0.3) is 0 Å². The van der Waals surface area contributed by atoms with E-state index in [-0.39, 0.29) is 12.1 Å². The van der Waals surface area contributed by atoms with E-state index in [4.69, 9.17) is 4.74 Å². The van der Waals surface area contributed by atoms with Crippen molar-refractivity contribution < 1.29 is 9.53 Å². The Labute approximate surface area is 244 Å². The lowest BCUT2D eigenvalue weighted by molar-refractivity contribution is -0.139. The normalized spacial score (nSPS) is 15.6. The summed E-state index contributed by atoms with van der Waals surface area (Å²) in [5, 5.41) is 0. The van der Waals surface area contributed by atoms with Gasteiger partial charge in [0, 0.05) is 5.57 Å². The molecule has 2 heteroatoms. The first-order valence-electron chi connectivity index (χ1n) is 17.5. The molecule has 226 valence electrons. The number of carbonyl (C=O) groups is 1. The van der Waals surface area contributed by atoms with Gasteiger partial charge in [0.15, 0.2) is 0 Å². The van der Waals surface area contributed by atoms with Crippen molar-refractivity contribution in [2.45, 2.75) is 193 Å². The van der Waals surface area contributed by atoms with E-state index in [1.54, 1.807) is 0 Å². The third-order valence-electron chi connectivity index (χ3n) is 8.12. The van der Waals surface area contributed by atoms with Crippen LogP contribution in [0.2, 0.25) is 0 Å². The highest BCUT2D eigenvalue weighted by molar-refractivity contribution is 5.90. The maximum atomic E-state index is 11.6. The monoisotopic (exact) mass is 543 g/mol. The van der Waals surface area contributed by atoms with Gasteiger partial charge in [-0.25, -0.2) is 4.79 Å². The molecule has 1 aliphatic rings. The molecule has 0 saturated carbocycles. The molecule has 1 atom stereocenters. The molecule has 0 aromatic carbocycles. The third-order valence-corrected chi connectivity index (χ3v) is 8.12. The summed E-state index contributed by atoms with van der Waals surface area (Å²) in [4.78, 5) is 11.6. The van der Waals surface area contributed by atoms with Gasteiger partial charge in [0.05, 0.1) is 0 Å². The molecule has 0 N–H and O–H groups in total. The van der Waals surface area contributed by atoms with Crippen molar-refractivity contribution in [1.82, 2.24) is 0 Å². The topological polar surface area (TPSA) is 26.3 Å². The summed E-state index contributed by atoms with van der Waals surface area (Å²) in [5.74, 6) is -0.0907. The predicted octanol–water partition coefficient (Wildman–Crippen LogP) is 12.5. The lowest BCUT2D eigenvalue weighted by Crippen LogP contribution is -2.03. The molecule has 0 bridgehead atoms. The fourth-order valence-electron chi connectivity index (χ4n) is 5.57. The highest BCUT2D eigenvalue weighted by Crippen LogP contribution is 2.20. The van der Waals surface area contributed by atoms with Gasteiger partial charge in [0.1, 0.15) is 6.10 Å². The average Bonchev–Trinajstić information content (AvgIpc) is 3.26. The number of allylic oxidation sites excluding steroid dienone is 4. The van der Waals surface area contributed by atoms with Crippen molar-refractivity contribution >= 4 is 5.97 Å². The minimum atomic E-state index is -0.0907. The average molecular weight is 543 g/mol. The van der Waals surface area contributed by atoms with Gasteiger partial charge in [-0.2, -0.15) is 0 Å². The first-order valence-corrected chi connectivity index (χ1v) is 17.5. The Balaban J connectivity index is 1.70. The van der Waals surface area contributed by atoms with Gasteiger partial charge in [-0.3, -0.25) is 0 Å². The Bertz CT molecular complexity index is 629. The summed E-state index contributed by atoms with van der Waals surface area (Å²) < 4.78 is 5.15. The Hall–Kier alpha value is -1.31. The van der Waals surface area contributed by atoms with Crippen molar-refractivity contribution in [3.8, 4) is 0 Å². The van der Waals surface area contributed by atoms with Crippen LogP contribution in [0.4, 0.5) is 0 Å². The van der Waals surface area contributed by atoms with Crippen molar-refractivity contribution in [3.63, 3.8) is 0 Å². The van der Waals surface area contributed by atoms with Crippen LogP contribution in [0.5, 0.6) is 0 Å². The van der Waals surface area contributed by atoms with Crippen LogP contribution in [0.3, 0.4) is 0 Å². The molecule has 0 saturated heterocycles. The molecule has 2 nitrogen and oxygen atoms in total. The molecular formula is C37H66O2. The molecule has 0 amide bonds. The molecule has 0 aromatic rings. The summed E-state index contributed by atoms with van der Waals surface area (Å²) in [6.07, 6.45) is 47.9. The van der Waals surface area contributed by atoms with Crippen LogP contribution in [-0.2, 0) is 9.53 Å². The highest BCUT2D eigenvalue weighted by Gasteiger charge is 2.21. The number of cyclic esters (lactones) is 1. The Morgan fingerprint density at radius 2 is 0.897 bits per heavy atom. The van der Waals surface area contributed by atoms with Crippen molar-refractivity contribution in [2.75, 3.05) is 0 Å². The van der Waals surface area contributed by atoms with Gasteiger partial charge in [-0.05, 0) is 64.4 Å². The zero-order valence-electron chi connectivity index (χ0n) is 26.4. The van der Waals surface area contributed by atoms with Gasteiger partial charge < -0.3 is 4.74 Å².